The smallest absolute Gasteiger partial charge is 0.344 e. The number of carbonyl (C=O) groups is 4. The maximum atomic E-state index is 13.1. The highest BCUT2D eigenvalue weighted by Crippen LogP contribution is 2.27. The summed E-state index contributed by atoms with van der Waals surface area (Å²) in [5.74, 6) is -1.66. The third-order valence-electron chi connectivity index (χ3n) is 5.64. The number of ether oxygens (including phenoxy) is 3. The largest absolute Gasteiger partial charge is 0.464 e. The van der Waals surface area contributed by atoms with E-state index in [1.807, 2.05) is 12.1 Å². The second-order valence-electron chi connectivity index (χ2n) is 8.65. The quantitative estimate of drug-likeness (QED) is 0.188. The maximum absolute atomic E-state index is 13.1. The lowest BCUT2D eigenvalue weighted by atomic mass is 9.89. The third-order valence-corrected chi connectivity index (χ3v) is 5.64. The molecule has 1 aromatic heterocycles. The molecular weight excluding hydrogens is 504 g/mol. The molecule has 206 valence electrons. The minimum Gasteiger partial charge on any atom is -0.464 e. The summed E-state index contributed by atoms with van der Waals surface area (Å²) in [6.07, 6.45) is 2.68. The number of carbonyl (C=O) groups excluding carboxylic acids is 4. The molecule has 3 rings (SSSR count). The number of hydrogen-bond acceptors (Lipinski definition) is 9. The summed E-state index contributed by atoms with van der Waals surface area (Å²) >= 11 is 0. The van der Waals surface area contributed by atoms with E-state index in [9.17, 15) is 19.2 Å². The zero-order valence-corrected chi connectivity index (χ0v) is 22.4. The van der Waals surface area contributed by atoms with Gasteiger partial charge in [-0.15, -0.1) is 0 Å². The Bertz CT molecular complexity index is 1280. The van der Waals surface area contributed by atoms with Crippen molar-refractivity contribution in [3.63, 3.8) is 0 Å². The summed E-state index contributed by atoms with van der Waals surface area (Å²) in [5.41, 5.74) is -0.462. The summed E-state index contributed by atoms with van der Waals surface area (Å²) in [6.45, 7) is 6.18. The van der Waals surface area contributed by atoms with Crippen LogP contribution in [0.3, 0.4) is 0 Å². The van der Waals surface area contributed by atoms with Crippen molar-refractivity contribution < 1.29 is 37.8 Å². The van der Waals surface area contributed by atoms with E-state index in [4.69, 9.17) is 18.6 Å². The van der Waals surface area contributed by atoms with Gasteiger partial charge < -0.3 is 23.9 Å². The van der Waals surface area contributed by atoms with E-state index in [1.54, 1.807) is 44.4 Å². The fraction of sp³-hybridized carbons (Fsp3) is 0.345. The first kappa shape index (κ1) is 29.1. The Morgan fingerprint density at radius 3 is 1.95 bits per heavy atom. The molecule has 0 saturated heterocycles. The van der Waals surface area contributed by atoms with Gasteiger partial charge >= 0.3 is 11.9 Å². The molecule has 1 amide bonds. The van der Waals surface area contributed by atoms with Crippen LogP contribution in [-0.4, -0.2) is 47.4 Å². The van der Waals surface area contributed by atoms with E-state index in [-0.39, 0.29) is 18.8 Å². The number of amides is 1. The summed E-state index contributed by atoms with van der Waals surface area (Å²) in [6, 6.07) is 13.5. The number of oxazole rings is 1. The molecule has 39 heavy (non-hydrogen) atoms. The van der Waals surface area contributed by atoms with Gasteiger partial charge in [-0.3, -0.25) is 9.59 Å². The molecule has 0 atom stereocenters. The normalized spacial score (nSPS) is 11.0. The zero-order chi connectivity index (χ0) is 28.4. The summed E-state index contributed by atoms with van der Waals surface area (Å²) < 4.78 is 21.4. The number of nitrogens with zero attached hydrogens (tertiary/aromatic N) is 1. The van der Waals surface area contributed by atoms with E-state index in [0.717, 1.165) is 31.0 Å². The lowest BCUT2D eigenvalue weighted by molar-refractivity contribution is -0.167. The van der Waals surface area contributed by atoms with Gasteiger partial charge in [-0.2, -0.15) is 0 Å². The van der Waals surface area contributed by atoms with E-state index >= 15 is 0 Å². The second-order valence-corrected chi connectivity index (χ2v) is 8.65. The summed E-state index contributed by atoms with van der Waals surface area (Å²) in [7, 11) is 0. The predicted molar refractivity (Wildman–Crippen MR) is 141 cm³/mol. The Labute approximate surface area is 226 Å². The van der Waals surface area contributed by atoms with E-state index in [1.165, 1.54) is 12.1 Å². The molecule has 0 aliphatic heterocycles. The number of nitrogens with one attached hydrogen (secondary N) is 1. The van der Waals surface area contributed by atoms with Crippen LogP contribution in [0.4, 0.5) is 0 Å². The minimum atomic E-state index is -2.30. The number of hydrogen-bond donors (Lipinski definition) is 1. The van der Waals surface area contributed by atoms with E-state index in [0.29, 0.717) is 17.4 Å². The number of esters is 2. The van der Waals surface area contributed by atoms with Crippen LogP contribution in [0, 0.1) is 0 Å². The van der Waals surface area contributed by atoms with Gasteiger partial charge in [0, 0.05) is 24.5 Å². The molecule has 0 saturated carbocycles. The fourth-order valence-electron chi connectivity index (χ4n) is 3.84. The van der Waals surface area contributed by atoms with Gasteiger partial charge in [0.1, 0.15) is 23.5 Å². The third kappa shape index (κ3) is 7.31. The monoisotopic (exact) mass is 536 g/mol. The molecule has 0 unspecified atom stereocenters. The highest BCUT2D eigenvalue weighted by atomic mass is 16.6. The highest BCUT2D eigenvalue weighted by molar-refractivity contribution is 6.13. The molecule has 0 spiro atoms. The van der Waals surface area contributed by atoms with Crippen molar-refractivity contribution >= 4 is 23.6 Å². The number of aryl methyl sites for hydroxylation is 1. The van der Waals surface area contributed by atoms with Crippen molar-refractivity contribution in [2.45, 2.75) is 52.5 Å². The molecular formula is C29H32N2O8. The molecule has 0 bridgehead atoms. The number of ketones is 1. The summed E-state index contributed by atoms with van der Waals surface area (Å²) in [5, 5.41) is 2.29. The summed E-state index contributed by atoms with van der Waals surface area (Å²) in [4.78, 5) is 55.0. The highest BCUT2D eigenvalue weighted by Gasteiger charge is 2.51. The van der Waals surface area contributed by atoms with Gasteiger partial charge in [-0.1, -0.05) is 6.92 Å². The Hall–Kier alpha value is -4.47. The van der Waals surface area contributed by atoms with Gasteiger partial charge in [-0.05, 0) is 68.8 Å². The van der Waals surface area contributed by atoms with Gasteiger partial charge in [0.05, 0.1) is 19.6 Å². The van der Waals surface area contributed by atoms with E-state index < -0.39 is 35.6 Å². The molecule has 1 heterocycles. The first-order chi connectivity index (χ1) is 18.7. The fourth-order valence-corrected chi connectivity index (χ4v) is 3.84. The zero-order valence-electron chi connectivity index (χ0n) is 22.4. The van der Waals surface area contributed by atoms with Crippen molar-refractivity contribution in [1.82, 2.24) is 10.3 Å². The van der Waals surface area contributed by atoms with Gasteiger partial charge in [0.2, 0.25) is 11.4 Å². The average molecular weight is 537 g/mol. The average Bonchev–Trinajstić information content (AvgIpc) is 3.38. The lowest BCUT2D eigenvalue weighted by Crippen LogP contribution is -2.62. The Balaban J connectivity index is 1.74. The van der Waals surface area contributed by atoms with Crippen molar-refractivity contribution in [2.24, 2.45) is 0 Å². The number of Topliss-reactive ketones (excluding diaryl/α,β-unsaturated/α-hetero) is 1. The molecule has 0 fully saturated rings. The number of benzene rings is 2. The van der Waals surface area contributed by atoms with Crippen molar-refractivity contribution in [2.75, 3.05) is 13.2 Å². The Kier molecular flexibility index (Phi) is 9.97. The number of aromatic nitrogens is 1. The van der Waals surface area contributed by atoms with Crippen LogP contribution >= 0.6 is 0 Å². The van der Waals surface area contributed by atoms with Crippen LogP contribution in [-0.2, 0) is 30.3 Å². The van der Waals surface area contributed by atoms with Crippen LogP contribution in [0.25, 0.3) is 11.3 Å². The van der Waals surface area contributed by atoms with Crippen LogP contribution in [0.1, 0.15) is 56.8 Å². The topological polar surface area (TPSA) is 134 Å². The SMILES string of the molecule is CCCc1nc(-c2ccc(Oc3ccc(C(=O)CC(NC(C)=O)(C(=O)OCC)C(=O)OCC)cc3)cc2)co1. The van der Waals surface area contributed by atoms with Crippen LogP contribution in [0.5, 0.6) is 11.5 Å². The van der Waals surface area contributed by atoms with Crippen LogP contribution < -0.4 is 10.1 Å². The maximum Gasteiger partial charge on any atom is 0.344 e. The first-order valence-electron chi connectivity index (χ1n) is 12.7. The Morgan fingerprint density at radius 2 is 1.44 bits per heavy atom. The van der Waals surface area contributed by atoms with Gasteiger partial charge in [0.15, 0.2) is 11.7 Å². The molecule has 1 N–H and O–H groups in total. The second kappa shape index (κ2) is 13.4. The lowest BCUT2D eigenvalue weighted by Gasteiger charge is -2.29. The molecule has 10 heteroatoms. The molecule has 0 radical (unpaired) electrons. The molecule has 10 nitrogen and oxygen atoms in total. The number of rotatable bonds is 13. The minimum absolute atomic E-state index is 0.0563. The van der Waals surface area contributed by atoms with Crippen LogP contribution in [0.2, 0.25) is 0 Å². The molecule has 0 aliphatic carbocycles. The molecule has 3 aromatic rings. The predicted octanol–water partition coefficient (Wildman–Crippen LogP) is 4.66. The Morgan fingerprint density at radius 1 is 0.872 bits per heavy atom. The van der Waals surface area contributed by atoms with Crippen LogP contribution in [0.15, 0.2) is 59.2 Å². The van der Waals surface area contributed by atoms with Gasteiger partial charge in [0.25, 0.3) is 0 Å². The van der Waals surface area contributed by atoms with Gasteiger partial charge in [-0.25, -0.2) is 14.6 Å². The van der Waals surface area contributed by atoms with E-state index in [2.05, 4.69) is 17.2 Å². The first-order valence-corrected chi connectivity index (χ1v) is 12.7. The van der Waals surface area contributed by atoms with Crippen molar-refractivity contribution in [3.8, 4) is 22.8 Å². The molecule has 2 aromatic carbocycles. The van der Waals surface area contributed by atoms with Crippen molar-refractivity contribution in [3.05, 3.63) is 66.2 Å². The van der Waals surface area contributed by atoms with Crippen molar-refractivity contribution in [1.29, 1.82) is 0 Å². The standard InChI is InChI=1S/C29H32N2O8/c1-5-8-26-30-24(18-38-26)20-9-13-22(14-10-20)39-23-15-11-21(12-16-23)25(33)17-29(31-19(4)32,27(34)36-6-2)28(35)37-7-3/h9-16,18H,5-8,17H2,1-4H3,(H,31,32). The molecule has 0 aliphatic rings.